The lowest BCUT2D eigenvalue weighted by Crippen LogP contribution is -2.41. The Bertz CT molecular complexity index is 893. The molecule has 12 nitrogen and oxygen atoms in total. The Labute approximate surface area is 192 Å². The average molecular weight is 465 g/mol. The topological polar surface area (TPSA) is 166 Å². The Balaban J connectivity index is 0.000000591. The molecule has 1 aliphatic rings. The molecular weight excluding hydrogens is 432 g/mol. The van der Waals surface area contributed by atoms with E-state index in [-0.39, 0.29) is 17.9 Å². The molecule has 0 spiro atoms. The van der Waals surface area contributed by atoms with E-state index >= 15 is 0 Å². The van der Waals surface area contributed by atoms with Crippen LogP contribution in [0.3, 0.4) is 0 Å². The maximum atomic E-state index is 12.2. The van der Waals surface area contributed by atoms with E-state index in [4.69, 9.17) is 19.8 Å². The number of carboxylic acid groups (broad SMARTS) is 2. The third-order valence-electron chi connectivity index (χ3n) is 4.74. The van der Waals surface area contributed by atoms with E-state index in [0.29, 0.717) is 31.3 Å². The van der Waals surface area contributed by atoms with Crippen LogP contribution in [0.1, 0.15) is 45.7 Å². The van der Waals surface area contributed by atoms with Gasteiger partial charge in [-0.2, -0.15) is 0 Å². The summed E-state index contributed by atoms with van der Waals surface area (Å²) >= 11 is 0. The highest BCUT2D eigenvalue weighted by Gasteiger charge is 2.31. The first kappa shape index (κ1) is 27.5. The molecule has 0 saturated carbocycles. The monoisotopic (exact) mass is 464 g/mol. The lowest BCUT2D eigenvalue weighted by molar-refractivity contribution is -0.135. The molecule has 3 heterocycles. The van der Waals surface area contributed by atoms with E-state index in [1.807, 2.05) is 29.9 Å². The van der Waals surface area contributed by atoms with Crippen LogP contribution in [-0.4, -0.2) is 78.9 Å². The minimum absolute atomic E-state index is 0.0158. The number of nitrogens with zero attached hydrogens (tertiary/aromatic N) is 4. The zero-order chi connectivity index (χ0) is 25.0. The smallest absolute Gasteiger partial charge is 0.300 e. The minimum Gasteiger partial charge on any atom is -0.481 e. The molecule has 2 atom stereocenters. The summed E-state index contributed by atoms with van der Waals surface area (Å²) in [6.07, 6.45) is 7.85. The molecule has 1 fully saturated rings. The Morgan fingerprint density at radius 2 is 1.67 bits per heavy atom. The number of hydrogen-bond donors (Lipinski definition) is 4. The van der Waals surface area contributed by atoms with Gasteiger partial charge in [-0.3, -0.25) is 28.5 Å². The Morgan fingerprint density at radius 1 is 1.06 bits per heavy atom. The first-order valence-corrected chi connectivity index (χ1v) is 10.4. The molecule has 0 aliphatic carbocycles. The molecule has 2 aromatic rings. The molecule has 0 radical (unpaired) electrons. The van der Waals surface area contributed by atoms with Gasteiger partial charge in [0.15, 0.2) is 0 Å². The molecule has 0 aromatic carbocycles. The van der Waals surface area contributed by atoms with Crippen molar-refractivity contribution in [3.63, 3.8) is 0 Å². The Morgan fingerprint density at radius 3 is 2.24 bits per heavy atom. The van der Waals surface area contributed by atoms with Crippen molar-refractivity contribution in [1.82, 2.24) is 29.9 Å². The number of likely N-dealkylation sites (N-methyl/N-ethyl adjacent to an activating group) is 1. The van der Waals surface area contributed by atoms with Crippen molar-refractivity contribution in [1.29, 1.82) is 0 Å². The van der Waals surface area contributed by atoms with Crippen molar-refractivity contribution in [2.24, 2.45) is 0 Å². The van der Waals surface area contributed by atoms with Crippen LogP contribution in [0.2, 0.25) is 0 Å². The summed E-state index contributed by atoms with van der Waals surface area (Å²) < 4.78 is 1.83. The normalized spacial score (nSPS) is 17.2. The fourth-order valence-corrected chi connectivity index (χ4v) is 3.28. The van der Waals surface area contributed by atoms with Crippen LogP contribution >= 0.6 is 0 Å². The maximum Gasteiger partial charge on any atom is 0.300 e. The summed E-state index contributed by atoms with van der Waals surface area (Å²) in [5, 5.41) is 20.6. The summed E-state index contributed by atoms with van der Waals surface area (Å²) in [5.41, 5.74) is 0.787. The average Bonchev–Trinajstić information content (AvgIpc) is 3.27. The highest BCUT2D eigenvalue weighted by Crippen LogP contribution is 2.24. The maximum absolute atomic E-state index is 12.2. The number of amides is 2. The number of carbonyl (C=O) groups is 4. The van der Waals surface area contributed by atoms with Crippen molar-refractivity contribution in [2.75, 3.05) is 13.6 Å². The van der Waals surface area contributed by atoms with E-state index < -0.39 is 11.9 Å². The van der Waals surface area contributed by atoms with Crippen LogP contribution in [0.4, 0.5) is 0 Å². The highest BCUT2D eigenvalue weighted by molar-refractivity contribution is 5.76. The van der Waals surface area contributed by atoms with Crippen LogP contribution in [0.15, 0.2) is 24.7 Å². The van der Waals surface area contributed by atoms with E-state index in [2.05, 4.69) is 25.5 Å². The largest absolute Gasteiger partial charge is 0.481 e. The van der Waals surface area contributed by atoms with Crippen LogP contribution in [-0.2, 0) is 25.7 Å². The lowest BCUT2D eigenvalue weighted by atomic mass is 10.1. The number of aromatic nitrogens is 3. The molecule has 33 heavy (non-hydrogen) atoms. The van der Waals surface area contributed by atoms with Crippen molar-refractivity contribution in [3.8, 4) is 0 Å². The summed E-state index contributed by atoms with van der Waals surface area (Å²) in [4.78, 5) is 52.0. The number of likely N-dealkylation sites (tertiary alicyclic amines) is 1. The standard InChI is InChI=1S/C17H24N6O2.2C2H4O2/c1-12(24)19-10-15-5-4-14(22(15)2)8-16(25)20-9-13-11-23-7-3-6-18-17(23)21-13;2*1-2(3)4/h3,6-7,11,14-15H,4-5,8-10H2,1-2H3,(H,19,24)(H,20,25);2*1H3,(H,3,4)/t14-,15+;;/m0../s1. The van der Waals surface area contributed by atoms with Gasteiger partial charge < -0.3 is 20.8 Å². The molecule has 4 N–H and O–H groups in total. The fraction of sp³-hybridized carbons (Fsp3) is 0.524. The summed E-state index contributed by atoms with van der Waals surface area (Å²) in [6, 6.07) is 2.34. The molecule has 2 amide bonds. The van der Waals surface area contributed by atoms with Crippen molar-refractivity contribution < 1.29 is 29.4 Å². The first-order chi connectivity index (χ1) is 15.5. The van der Waals surface area contributed by atoms with Crippen LogP contribution < -0.4 is 10.6 Å². The molecular formula is C21H32N6O6. The number of fused-ring (bicyclic) bond motifs is 1. The predicted octanol–water partition coefficient (Wildman–Crippen LogP) is 0.516. The highest BCUT2D eigenvalue weighted by atomic mass is 16.4. The summed E-state index contributed by atoms with van der Waals surface area (Å²) in [6.45, 7) is 4.72. The SMILES string of the molecule is CC(=O)NC[C@H]1CC[C@@H](CC(=O)NCc2cn3cccnc3n2)N1C.CC(=O)O.CC(=O)O. The van der Waals surface area contributed by atoms with Gasteiger partial charge in [0, 0.05) is 64.4 Å². The van der Waals surface area contributed by atoms with E-state index in [9.17, 15) is 9.59 Å². The van der Waals surface area contributed by atoms with Gasteiger partial charge in [0.2, 0.25) is 17.6 Å². The van der Waals surface area contributed by atoms with Gasteiger partial charge >= 0.3 is 0 Å². The zero-order valence-electron chi connectivity index (χ0n) is 19.3. The predicted molar refractivity (Wildman–Crippen MR) is 119 cm³/mol. The van der Waals surface area contributed by atoms with Crippen LogP contribution in [0, 0.1) is 0 Å². The number of aliphatic carboxylic acids is 2. The number of hydrogen-bond acceptors (Lipinski definition) is 7. The Hall–Kier alpha value is -3.54. The minimum atomic E-state index is -0.833. The second-order valence-corrected chi connectivity index (χ2v) is 7.57. The van der Waals surface area contributed by atoms with Crippen molar-refractivity contribution >= 4 is 29.5 Å². The lowest BCUT2D eigenvalue weighted by Gasteiger charge is -2.25. The van der Waals surface area contributed by atoms with E-state index in [1.165, 1.54) is 6.92 Å². The molecule has 1 saturated heterocycles. The third-order valence-corrected chi connectivity index (χ3v) is 4.74. The van der Waals surface area contributed by atoms with Crippen molar-refractivity contribution in [2.45, 2.75) is 58.7 Å². The number of carboxylic acids is 2. The number of imidazole rings is 1. The molecule has 3 rings (SSSR count). The molecule has 182 valence electrons. The van der Waals surface area contributed by atoms with E-state index in [1.54, 1.807) is 6.20 Å². The quantitative estimate of drug-likeness (QED) is 0.476. The van der Waals surface area contributed by atoms with Crippen LogP contribution in [0.25, 0.3) is 5.78 Å². The molecule has 0 bridgehead atoms. The first-order valence-electron chi connectivity index (χ1n) is 10.4. The van der Waals surface area contributed by atoms with E-state index in [0.717, 1.165) is 32.4 Å². The van der Waals surface area contributed by atoms with Gasteiger partial charge in [0.25, 0.3) is 11.9 Å². The Kier molecular flexibility index (Phi) is 11.5. The fourth-order valence-electron chi connectivity index (χ4n) is 3.28. The second-order valence-electron chi connectivity index (χ2n) is 7.57. The summed E-state index contributed by atoms with van der Waals surface area (Å²) in [5.74, 6) is -1.04. The molecule has 2 aromatic heterocycles. The van der Waals surface area contributed by atoms with Crippen LogP contribution in [0.5, 0.6) is 0 Å². The van der Waals surface area contributed by atoms with Gasteiger partial charge in [-0.05, 0) is 26.0 Å². The van der Waals surface area contributed by atoms with Gasteiger partial charge in [-0.15, -0.1) is 0 Å². The number of nitrogens with one attached hydrogen (secondary N) is 2. The van der Waals surface area contributed by atoms with Gasteiger partial charge in [0.05, 0.1) is 12.2 Å². The zero-order valence-corrected chi connectivity index (χ0v) is 19.3. The molecule has 12 heteroatoms. The number of carbonyl (C=O) groups excluding carboxylic acids is 2. The molecule has 1 aliphatic heterocycles. The van der Waals surface area contributed by atoms with Crippen molar-refractivity contribution in [3.05, 3.63) is 30.4 Å². The third kappa shape index (κ3) is 11.1. The van der Waals surface area contributed by atoms with Gasteiger partial charge in [-0.25, -0.2) is 9.97 Å². The number of rotatable bonds is 6. The second kappa shape index (κ2) is 13.8. The van der Waals surface area contributed by atoms with Gasteiger partial charge in [0.1, 0.15) is 0 Å². The molecule has 0 unspecified atom stereocenters. The van der Waals surface area contributed by atoms with Gasteiger partial charge in [-0.1, -0.05) is 0 Å². The summed E-state index contributed by atoms with van der Waals surface area (Å²) in [7, 11) is 2.02.